The van der Waals surface area contributed by atoms with Crippen molar-refractivity contribution in [1.29, 1.82) is 0 Å². The van der Waals surface area contributed by atoms with Crippen LogP contribution in [0.4, 0.5) is 10.1 Å². The largest absolute Gasteiger partial charge is 0.448 e. The van der Waals surface area contributed by atoms with Crippen molar-refractivity contribution in [3.8, 4) is 0 Å². The zero-order chi connectivity index (χ0) is 17.2. The number of benzene rings is 1. The van der Waals surface area contributed by atoms with Crippen LogP contribution in [0.1, 0.15) is 40.7 Å². The quantitative estimate of drug-likeness (QED) is 0.708. The molecule has 5 nitrogen and oxygen atoms in total. The number of halogens is 1. The second-order valence-electron chi connectivity index (χ2n) is 6.07. The molecule has 25 heavy (non-hydrogen) atoms. The number of nitrogens with zero attached hydrogens (tertiary/aromatic N) is 3. The summed E-state index contributed by atoms with van der Waals surface area (Å²) in [5, 5.41) is 0. The zero-order valence-electron chi connectivity index (χ0n) is 13.4. The molecular formula is C19H16FN3O2. The molecule has 0 spiro atoms. The van der Waals surface area contributed by atoms with Crippen LogP contribution in [-0.4, -0.2) is 15.9 Å². The number of hydrogen-bond donors (Lipinski definition) is 0. The van der Waals surface area contributed by atoms with Crippen LogP contribution in [-0.2, 0) is 6.54 Å². The van der Waals surface area contributed by atoms with Gasteiger partial charge in [0.2, 0.25) is 0 Å². The van der Waals surface area contributed by atoms with E-state index in [2.05, 4.69) is 9.97 Å². The summed E-state index contributed by atoms with van der Waals surface area (Å²) in [7, 11) is 0. The van der Waals surface area contributed by atoms with Gasteiger partial charge in [-0.1, -0.05) is 6.07 Å². The van der Waals surface area contributed by atoms with Crippen molar-refractivity contribution >= 4 is 11.6 Å². The maximum Gasteiger partial charge on any atom is 0.280 e. The SMILES string of the molecule is O=C(c1coc(C2CC2)n1)N(Cc1cccnc1)c1ccc(F)cc1. The lowest BCUT2D eigenvalue weighted by molar-refractivity contribution is 0.0980. The topological polar surface area (TPSA) is 59.2 Å². The summed E-state index contributed by atoms with van der Waals surface area (Å²) >= 11 is 0. The Balaban J connectivity index is 1.65. The first-order valence-corrected chi connectivity index (χ1v) is 8.12. The number of rotatable bonds is 5. The highest BCUT2D eigenvalue weighted by molar-refractivity contribution is 6.04. The van der Waals surface area contributed by atoms with Crippen molar-refractivity contribution in [2.45, 2.75) is 25.3 Å². The average molecular weight is 337 g/mol. The average Bonchev–Trinajstić information content (AvgIpc) is 3.38. The highest BCUT2D eigenvalue weighted by atomic mass is 19.1. The molecule has 0 radical (unpaired) electrons. The number of aromatic nitrogens is 2. The Morgan fingerprint density at radius 3 is 2.72 bits per heavy atom. The van der Waals surface area contributed by atoms with Crippen LogP contribution in [0.15, 0.2) is 59.5 Å². The van der Waals surface area contributed by atoms with Crippen LogP contribution < -0.4 is 4.90 Å². The molecule has 2 heterocycles. The van der Waals surface area contributed by atoms with Crippen molar-refractivity contribution in [2.75, 3.05) is 4.90 Å². The van der Waals surface area contributed by atoms with Gasteiger partial charge in [0.25, 0.3) is 5.91 Å². The fraction of sp³-hybridized carbons (Fsp3) is 0.211. The van der Waals surface area contributed by atoms with Crippen LogP contribution >= 0.6 is 0 Å². The molecule has 1 fully saturated rings. The molecule has 1 aliphatic rings. The van der Waals surface area contributed by atoms with Gasteiger partial charge in [0.05, 0.1) is 6.54 Å². The molecule has 126 valence electrons. The molecule has 0 aliphatic heterocycles. The molecule has 1 amide bonds. The summed E-state index contributed by atoms with van der Waals surface area (Å²) in [6.07, 6.45) is 6.86. The van der Waals surface area contributed by atoms with E-state index >= 15 is 0 Å². The summed E-state index contributed by atoms with van der Waals surface area (Å²) in [6, 6.07) is 9.50. The first-order chi connectivity index (χ1) is 12.2. The summed E-state index contributed by atoms with van der Waals surface area (Å²) in [4.78, 5) is 22.9. The molecule has 0 unspecified atom stereocenters. The van der Waals surface area contributed by atoms with E-state index in [0.717, 1.165) is 18.4 Å². The fourth-order valence-electron chi connectivity index (χ4n) is 2.62. The second-order valence-corrected chi connectivity index (χ2v) is 6.07. The molecular weight excluding hydrogens is 321 g/mol. The first-order valence-electron chi connectivity index (χ1n) is 8.12. The molecule has 1 aromatic carbocycles. The maximum absolute atomic E-state index is 13.3. The molecule has 6 heteroatoms. The predicted octanol–water partition coefficient (Wildman–Crippen LogP) is 3.93. The van der Waals surface area contributed by atoms with Gasteiger partial charge in [-0.25, -0.2) is 9.37 Å². The van der Waals surface area contributed by atoms with E-state index in [0.29, 0.717) is 24.0 Å². The second kappa shape index (κ2) is 6.47. The third-order valence-corrected chi connectivity index (χ3v) is 4.11. The summed E-state index contributed by atoms with van der Waals surface area (Å²) in [5.41, 5.74) is 1.72. The van der Waals surface area contributed by atoms with Gasteiger partial charge in [0.15, 0.2) is 11.6 Å². The lowest BCUT2D eigenvalue weighted by atomic mass is 10.2. The van der Waals surface area contributed by atoms with Crippen LogP contribution in [0.5, 0.6) is 0 Å². The Morgan fingerprint density at radius 1 is 1.24 bits per heavy atom. The Bertz CT molecular complexity index is 873. The van der Waals surface area contributed by atoms with E-state index < -0.39 is 0 Å². The lowest BCUT2D eigenvalue weighted by Crippen LogP contribution is -2.30. The number of hydrogen-bond acceptors (Lipinski definition) is 4. The standard InChI is InChI=1S/C19H16FN3O2/c20-15-5-7-16(8-6-15)23(11-13-2-1-9-21-10-13)19(24)17-12-25-18(22-17)14-3-4-14/h1-2,5-10,12,14H,3-4,11H2. The lowest BCUT2D eigenvalue weighted by Gasteiger charge is -2.21. The Morgan fingerprint density at radius 2 is 2.04 bits per heavy atom. The number of pyridine rings is 1. The minimum atomic E-state index is -0.352. The van der Waals surface area contributed by atoms with Crippen molar-refractivity contribution < 1.29 is 13.6 Å². The summed E-state index contributed by atoms with van der Waals surface area (Å²) in [6.45, 7) is 0.309. The van der Waals surface area contributed by atoms with E-state index in [1.807, 2.05) is 12.1 Å². The predicted molar refractivity (Wildman–Crippen MR) is 89.6 cm³/mol. The molecule has 4 rings (SSSR count). The van der Waals surface area contributed by atoms with Crippen molar-refractivity contribution in [1.82, 2.24) is 9.97 Å². The van der Waals surface area contributed by atoms with E-state index in [1.54, 1.807) is 29.4 Å². The van der Waals surface area contributed by atoms with Gasteiger partial charge in [0.1, 0.15) is 12.1 Å². The Labute approximate surface area is 144 Å². The van der Waals surface area contributed by atoms with Gasteiger partial charge in [-0.05, 0) is 48.7 Å². The normalized spacial score (nSPS) is 13.6. The third-order valence-electron chi connectivity index (χ3n) is 4.11. The highest BCUT2D eigenvalue weighted by Crippen LogP contribution is 2.39. The van der Waals surface area contributed by atoms with E-state index in [9.17, 15) is 9.18 Å². The third kappa shape index (κ3) is 3.42. The molecule has 2 aromatic heterocycles. The van der Waals surface area contributed by atoms with E-state index in [4.69, 9.17) is 4.42 Å². The number of oxazole rings is 1. The molecule has 0 bridgehead atoms. The van der Waals surface area contributed by atoms with Gasteiger partial charge in [-0.15, -0.1) is 0 Å². The van der Waals surface area contributed by atoms with Crippen LogP contribution in [0, 0.1) is 5.82 Å². The van der Waals surface area contributed by atoms with Crippen molar-refractivity contribution in [2.24, 2.45) is 0 Å². The number of carbonyl (C=O) groups excluding carboxylic acids is 1. The molecule has 0 atom stereocenters. The van der Waals surface area contributed by atoms with Gasteiger partial charge < -0.3 is 9.32 Å². The van der Waals surface area contributed by atoms with Gasteiger partial charge >= 0.3 is 0 Å². The zero-order valence-corrected chi connectivity index (χ0v) is 13.4. The minimum Gasteiger partial charge on any atom is -0.448 e. The first kappa shape index (κ1) is 15.5. The fourth-order valence-corrected chi connectivity index (χ4v) is 2.62. The highest BCUT2D eigenvalue weighted by Gasteiger charge is 2.30. The number of anilines is 1. The summed E-state index contributed by atoms with van der Waals surface area (Å²) in [5.74, 6) is 0.309. The molecule has 0 saturated heterocycles. The van der Waals surface area contributed by atoms with Crippen LogP contribution in [0.25, 0.3) is 0 Å². The van der Waals surface area contributed by atoms with Crippen molar-refractivity contribution in [3.05, 3.63) is 78.0 Å². The number of carbonyl (C=O) groups is 1. The maximum atomic E-state index is 13.3. The Kier molecular flexibility index (Phi) is 4.01. The van der Waals surface area contributed by atoms with E-state index in [1.165, 1.54) is 18.4 Å². The molecule has 1 saturated carbocycles. The monoisotopic (exact) mass is 337 g/mol. The van der Waals surface area contributed by atoms with Gasteiger partial charge in [0, 0.05) is 24.0 Å². The van der Waals surface area contributed by atoms with Crippen LogP contribution in [0.2, 0.25) is 0 Å². The summed E-state index contributed by atoms with van der Waals surface area (Å²) < 4.78 is 18.7. The minimum absolute atomic E-state index is 0.259. The molecule has 0 N–H and O–H groups in total. The van der Waals surface area contributed by atoms with E-state index in [-0.39, 0.29) is 17.4 Å². The molecule has 1 aliphatic carbocycles. The smallest absolute Gasteiger partial charge is 0.280 e. The van der Waals surface area contributed by atoms with Crippen molar-refractivity contribution in [3.63, 3.8) is 0 Å². The van der Waals surface area contributed by atoms with Gasteiger partial charge in [-0.3, -0.25) is 9.78 Å². The molecule has 3 aromatic rings. The van der Waals surface area contributed by atoms with Crippen LogP contribution in [0.3, 0.4) is 0 Å². The number of amides is 1. The van der Waals surface area contributed by atoms with Gasteiger partial charge in [-0.2, -0.15) is 0 Å². The Hall–Kier alpha value is -3.02.